The summed E-state index contributed by atoms with van der Waals surface area (Å²) in [5.74, 6) is 2.08. The number of hydrogen-bond acceptors (Lipinski definition) is 4. The summed E-state index contributed by atoms with van der Waals surface area (Å²) in [6, 6.07) is 5.98. The van der Waals surface area contributed by atoms with Gasteiger partial charge in [0.15, 0.2) is 17.6 Å². The number of rotatable bonds is 8. The number of nitrogens with one attached hydrogen (secondary N) is 1. The van der Waals surface area contributed by atoms with E-state index in [1.165, 1.54) is 30.6 Å². The maximum absolute atomic E-state index is 12.1. The molecular formula is C22H36N2O3. The van der Waals surface area contributed by atoms with E-state index >= 15 is 0 Å². The number of hydrogen-bond donors (Lipinski definition) is 1. The second-order valence-electron chi connectivity index (χ2n) is 8.30. The van der Waals surface area contributed by atoms with Crippen molar-refractivity contribution in [1.82, 2.24) is 10.2 Å². The van der Waals surface area contributed by atoms with Crippen molar-refractivity contribution in [2.45, 2.75) is 71.6 Å². The fraction of sp³-hybridized carbons (Fsp3) is 0.682. The van der Waals surface area contributed by atoms with Gasteiger partial charge in [0.2, 0.25) is 0 Å². The first-order valence-corrected chi connectivity index (χ1v) is 10.1. The van der Waals surface area contributed by atoms with E-state index in [0.29, 0.717) is 18.1 Å². The van der Waals surface area contributed by atoms with Crippen molar-refractivity contribution >= 4 is 5.91 Å². The van der Waals surface area contributed by atoms with Crippen molar-refractivity contribution < 1.29 is 14.3 Å². The van der Waals surface area contributed by atoms with Gasteiger partial charge in [-0.1, -0.05) is 13.0 Å². The van der Waals surface area contributed by atoms with Gasteiger partial charge in [-0.2, -0.15) is 0 Å². The van der Waals surface area contributed by atoms with Crippen LogP contribution < -0.4 is 14.8 Å². The topological polar surface area (TPSA) is 50.8 Å². The molecule has 0 saturated heterocycles. The van der Waals surface area contributed by atoms with Gasteiger partial charge in [0.05, 0.1) is 6.61 Å². The van der Waals surface area contributed by atoms with Crippen LogP contribution >= 0.6 is 0 Å². The third-order valence-electron chi connectivity index (χ3n) is 5.50. The van der Waals surface area contributed by atoms with E-state index in [-0.39, 0.29) is 11.4 Å². The Bertz CT molecular complexity index is 622. The predicted molar refractivity (Wildman–Crippen MR) is 109 cm³/mol. The van der Waals surface area contributed by atoms with Crippen LogP contribution in [0.25, 0.3) is 0 Å². The van der Waals surface area contributed by atoms with E-state index in [9.17, 15) is 4.79 Å². The molecular weight excluding hydrogens is 340 g/mol. The Kier molecular flexibility index (Phi) is 7.54. The largest absolute Gasteiger partial charge is 0.490 e. The molecule has 5 nitrogen and oxygen atoms in total. The van der Waals surface area contributed by atoms with Gasteiger partial charge < -0.3 is 19.7 Å². The Morgan fingerprint density at radius 1 is 1.30 bits per heavy atom. The van der Waals surface area contributed by atoms with Crippen molar-refractivity contribution in [1.29, 1.82) is 0 Å². The number of nitrogens with zero attached hydrogens (tertiary/aromatic N) is 1. The summed E-state index contributed by atoms with van der Waals surface area (Å²) in [5, 5.41) is 3.74. The fourth-order valence-corrected chi connectivity index (χ4v) is 3.52. The Balaban J connectivity index is 2.04. The standard InChI is InChI=1S/C22H36N2O3/c1-7-26-20-14-18(15-23-22(4)12-10-16(2)11-13-22)8-9-19(20)27-17(3)21(25)24(5)6/h8-9,14,16-17,23H,7,10-13,15H2,1-6H3. The molecule has 1 N–H and O–H groups in total. The first kappa shape index (κ1) is 21.5. The van der Waals surface area contributed by atoms with Gasteiger partial charge in [0.1, 0.15) is 0 Å². The average molecular weight is 377 g/mol. The first-order chi connectivity index (χ1) is 12.7. The van der Waals surface area contributed by atoms with Gasteiger partial charge in [-0.3, -0.25) is 4.79 Å². The predicted octanol–water partition coefficient (Wildman–Crippen LogP) is 4.00. The van der Waals surface area contributed by atoms with Crippen molar-refractivity contribution in [2.24, 2.45) is 5.92 Å². The number of amides is 1. The fourth-order valence-electron chi connectivity index (χ4n) is 3.52. The van der Waals surface area contributed by atoms with Crippen LogP contribution in [0.4, 0.5) is 0 Å². The lowest BCUT2D eigenvalue weighted by Crippen LogP contribution is -2.44. The minimum absolute atomic E-state index is 0.0670. The molecule has 1 atom stereocenters. The van der Waals surface area contributed by atoms with Crippen molar-refractivity contribution in [3.63, 3.8) is 0 Å². The lowest BCUT2D eigenvalue weighted by molar-refractivity contribution is -0.135. The molecule has 5 heteroatoms. The first-order valence-electron chi connectivity index (χ1n) is 10.1. The van der Waals surface area contributed by atoms with Crippen molar-refractivity contribution in [3.05, 3.63) is 23.8 Å². The molecule has 1 saturated carbocycles. The summed E-state index contributed by atoms with van der Waals surface area (Å²) in [6.45, 7) is 9.74. The Morgan fingerprint density at radius 3 is 2.56 bits per heavy atom. The summed E-state index contributed by atoms with van der Waals surface area (Å²) in [5.41, 5.74) is 1.37. The van der Waals surface area contributed by atoms with E-state index in [1.54, 1.807) is 21.0 Å². The Morgan fingerprint density at radius 2 is 1.96 bits per heavy atom. The normalized spacial score (nSPS) is 23.6. The highest BCUT2D eigenvalue weighted by molar-refractivity contribution is 5.80. The second-order valence-corrected chi connectivity index (χ2v) is 8.30. The minimum Gasteiger partial charge on any atom is -0.490 e. The van der Waals surface area contributed by atoms with Crippen LogP contribution in [-0.4, -0.2) is 43.2 Å². The molecule has 0 radical (unpaired) electrons. The smallest absolute Gasteiger partial charge is 0.262 e. The van der Waals surface area contributed by atoms with Gasteiger partial charge in [0, 0.05) is 26.2 Å². The maximum atomic E-state index is 12.1. The third-order valence-corrected chi connectivity index (χ3v) is 5.50. The Hall–Kier alpha value is -1.75. The monoisotopic (exact) mass is 376 g/mol. The molecule has 1 aliphatic carbocycles. The molecule has 0 spiro atoms. The second kappa shape index (κ2) is 9.45. The highest BCUT2D eigenvalue weighted by Crippen LogP contribution is 2.33. The third kappa shape index (κ3) is 6.13. The summed E-state index contributed by atoms with van der Waals surface area (Å²) in [4.78, 5) is 13.6. The summed E-state index contributed by atoms with van der Waals surface area (Å²) >= 11 is 0. The highest BCUT2D eigenvalue weighted by Gasteiger charge is 2.28. The van der Waals surface area contributed by atoms with Crippen molar-refractivity contribution in [3.8, 4) is 11.5 Å². The Labute approximate surface area is 164 Å². The lowest BCUT2D eigenvalue weighted by Gasteiger charge is -2.37. The zero-order valence-corrected chi connectivity index (χ0v) is 17.8. The molecule has 1 amide bonds. The van der Waals surface area contributed by atoms with Crippen LogP contribution in [0.3, 0.4) is 0 Å². The molecule has 1 fully saturated rings. The average Bonchev–Trinajstić information content (AvgIpc) is 2.64. The van der Waals surface area contributed by atoms with Crippen LogP contribution in [0.5, 0.6) is 11.5 Å². The van der Waals surface area contributed by atoms with Crippen LogP contribution in [0.1, 0.15) is 58.9 Å². The number of ether oxygens (including phenoxy) is 2. The molecule has 1 aromatic rings. The van der Waals surface area contributed by atoms with Crippen LogP contribution in [-0.2, 0) is 11.3 Å². The molecule has 152 valence electrons. The number of carbonyl (C=O) groups excluding carboxylic acids is 1. The number of carbonyl (C=O) groups is 1. The molecule has 0 bridgehead atoms. The van der Waals surface area contributed by atoms with E-state index < -0.39 is 6.10 Å². The van der Waals surface area contributed by atoms with E-state index in [4.69, 9.17) is 9.47 Å². The SMILES string of the molecule is CCOc1cc(CNC2(C)CCC(C)CC2)ccc1OC(C)C(=O)N(C)C. The van der Waals surface area contributed by atoms with Gasteiger partial charge >= 0.3 is 0 Å². The molecule has 1 aliphatic rings. The van der Waals surface area contributed by atoms with Crippen molar-refractivity contribution in [2.75, 3.05) is 20.7 Å². The zero-order valence-electron chi connectivity index (χ0n) is 17.8. The quantitative estimate of drug-likeness (QED) is 0.745. The van der Waals surface area contributed by atoms with Crippen LogP contribution in [0.15, 0.2) is 18.2 Å². The van der Waals surface area contributed by atoms with Gasteiger partial charge in [-0.05, 0) is 70.1 Å². The molecule has 0 aromatic heterocycles. The molecule has 2 rings (SSSR count). The molecule has 0 heterocycles. The molecule has 1 unspecified atom stereocenters. The maximum Gasteiger partial charge on any atom is 0.262 e. The number of likely N-dealkylation sites (N-methyl/N-ethyl adjacent to an activating group) is 1. The summed E-state index contributed by atoms with van der Waals surface area (Å²) < 4.78 is 11.6. The van der Waals surface area contributed by atoms with Gasteiger partial charge in [-0.25, -0.2) is 0 Å². The lowest BCUT2D eigenvalue weighted by atomic mass is 9.78. The van der Waals surface area contributed by atoms with Crippen LogP contribution in [0, 0.1) is 5.92 Å². The molecule has 1 aromatic carbocycles. The minimum atomic E-state index is -0.550. The summed E-state index contributed by atoms with van der Waals surface area (Å²) in [7, 11) is 3.46. The number of benzene rings is 1. The summed E-state index contributed by atoms with van der Waals surface area (Å²) in [6.07, 6.45) is 4.47. The van der Waals surface area contributed by atoms with Crippen LogP contribution in [0.2, 0.25) is 0 Å². The highest BCUT2D eigenvalue weighted by atomic mass is 16.5. The molecule has 27 heavy (non-hydrogen) atoms. The van der Waals surface area contributed by atoms with E-state index in [0.717, 1.165) is 18.0 Å². The van der Waals surface area contributed by atoms with Gasteiger partial charge in [0.25, 0.3) is 5.91 Å². The zero-order chi connectivity index (χ0) is 20.0. The van der Waals surface area contributed by atoms with E-state index in [2.05, 4.69) is 19.2 Å². The van der Waals surface area contributed by atoms with Gasteiger partial charge in [-0.15, -0.1) is 0 Å². The van der Waals surface area contributed by atoms with E-state index in [1.807, 2.05) is 25.1 Å². The molecule has 0 aliphatic heterocycles.